The van der Waals surface area contributed by atoms with Gasteiger partial charge in [0.05, 0.1) is 71.6 Å². The molecule has 8 aliphatic heterocycles. The van der Waals surface area contributed by atoms with E-state index in [0.29, 0.717) is 0 Å². The van der Waals surface area contributed by atoms with E-state index in [1.54, 1.807) is 0 Å². The van der Waals surface area contributed by atoms with Crippen molar-refractivity contribution in [3.8, 4) is 0 Å². The third-order valence-corrected chi connectivity index (χ3v) is 20.0. The molecule has 644 valence electrons. The molecule has 0 bridgehead atoms. The van der Waals surface area contributed by atoms with E-state index in [2.05, 4.69) is 21.3 Å². The molecule has 8 heterocycles. The van der Waals surface area contributed by atoms with E-state index in [-0.39, 0.29) is 0 Å². The van der Waals surface area contributed by atoms with Crippen LogP contribution in [0, 0.1) is 0 Å². The van der Waals surface area contributed by atoms with Gasteiger partial charge in [-0.25, -0.2) is 0 Å². The fourth-order valence-corrected chi connectivity index (χ4v) is 13.9. The van der Waals surface area contributed by atoms with Gasteiger partial charge in [0.2, 0.25) is 23.6 Å². The standard InChI is InChI=1S/C62H106N4O45/c1-15-32(79)41(88)45(92)58(98-15)96-13-21(78)49(33(80)20(6-67)63-16(2)74)106-56-30(65-18(4)76)39(86)51(27(12-73)103-56)108-61-48(95)53(110-60-47(94)43(90)36(83)24(9-70)101-60)52(109-55-29(64-17(3)75)38(85)34(81)22(7-68)99-55)28(105-61)14-97-62-54(44(91)37(84)25(10-71)102-62)111-57-31(66-19(5)77)40(87)50(26(11-72)104-57)107-59-46(93)42(89)35(82)23(8-69)100-59/h15,20-62,67-73,78-95H,6-14H2,1-5H3,(H,63,74)(H,64,75)(H,65,76)(H,66,77)/t15-,20-,21+,22+,23+,24+,25+,26+,27+,28+,29+,30+,31+,32+,33+,34+,35-,36+,37+,38+,39+,40+,41+,42-,43-,44-,45-,46+,47-,48-,49+,50+,51+,52+,53+,54-,55-,56-,57-,58+,59-,60+,61-,62-/m0/s1. The summed E-state index contributed by atoms with van der Waals surface area (Å²) in [5, 5.41) is 286. The number of nitrogens with one attached hydrogen (secondary N) is 4. The topological polar surface area (TPSA) is 770 Å². The number of rotatable bonds is 32. The first-order valence-electron chi connectivity index (χ1n) is 35.4. The molecule has 0 radical (unpaired) electrons. The van der Waals surface area contributed by atoms with Crippen molar-refractivity contribution >= 4 is 23.6 Å². The largest absolute Gasteiger partial charge is 0.394 e. The summed E-state index contributed by atoms with van der Waals surface area (Å²) in [6, 6.07) is -7.66. The van der Waals surface area contributed by atoms with Crippen LogP contribution in [0.25, 0.3) is 0 Å². The number of aliphatic hydroxyl groups excluding tert-OH is 25. The van der Waals surface area contributed by atoms with Crippen LogP contribution in [0.15, 0.2) is 0 Å². The summed E-state index contributed by atoms with van der Waals surface area (Å²) in [4.78, 5) is 51.3. The van der Waals surface area contributed by atoms with Gasteiger partial charge in [-0.1, -0.05) is 0 Å². The third kappa shape index (κ3) is 21.4. The molecule has 0 spiro atoms. The number of amides is 4. The van der Waals surface area contributed by atoms with Crippen LogP contribution in [-0.4, -0.2) is 481 Å². The van der Waals surface area contributed by atoms with Crippen LogP contribution >= 0.6 is 0 Å². The minimum Gasteiger partial charge on any atom is -0.394 e. The molecule has 0 aromatic heterocycles. The number of carbonyl (C=O) groups excluding carboxylic acids is 4. The van der Waals surface area contributed by atoms with E-state index >= 15 is 0 Å². The minimum atomic E-state index is -2.62. The molecule has 8 saturated heterocycles. The van der Waals surface area contributed by atoms with Crippen molar-refractivity contribution < 1.29 is 223 Å². The van der Waals surface area contributed by atoms with Crippen molar-refractivity contribution in [1.29, 1.82) is 0 Å². The first-order valence-corrected chi connectivity index (χ1v) is 35.4. The predicted octanol–water partition coefficient (Wildman–Crippen LogP) is -19.4. The van der Waals surface area contributed by atoms with Crippen LogP contribution in [0.2, 0.25) is 0 Å². The second-order valence-corrected chi connectivity index (χ2v) is 28.0. The average Bonchev–Trinajstić information content (AvgIpc) is 0.761. The van der Waals surface area contributed by atoms with Gasteiger partial charge in [0.25, 0.3) is 0 Å². The molecular formula is C62H106N4O45. The number of ether oxygens (including phenoxy) is 16. The number of hydrogen-bond acceptors (Lipinski definition) is 45. The Kier molecular flexibility index (Phi) is 34.3. The highest BCUT2D eigenvalue weighted by Gasteiger charge is 2.60. The Balaban J connectivity index is 1.19. The minimum absolute atomic E-state index is 0.858. The summed E-state index contributed by atoms with van der Waals surface area (Å²) >= 11 is 0. The van der Waals surface area contributed by atoms with Crippen molar-refractivity contribution in [2.24, 2.45) is 0 Å². The zero-order valence-electron chi connectivity index (χ0n) is 60.1. The first kappa shape index (κ1) is 92.7. The lowest BCUT2D eigenvalue weighted by Crippen LogP contribution is -2.71. The average molecular weight is 1630 g/mol. The van der Waals surface area contributed by atoms with Crippen LogP contribution in [0.1, 0.15) is 34.6 Å². The van der Waals surface area contributed by atoms with E-state index in [1.807, 2.05) is 0 Å². The zero-order chi connectivity index (χ0) is 82.2. The molecule has 4 amide bonds. The van der Waals surface area contributed by atoms with E-state index < -0.39 is 353 Å². The van der Waals surface area contributed by atoms with Crippen molar-refractivity contribution in [2.75, 3.05) is 59.5 Å². The molecule has 8 fully saturated rings. The number of carbonyl (C=O) groups is 4. The van der Waals surface area contributed by atoms with Gasteiger partial charge >= 0.3 is 0 Å². The van der Waals surface area contributed by atoms with Crippen LogP contribution in [0.3, 0.4) is 0 Å². The highest BCUT2D eigenvalue weighted by Crippen LogP contribution is 2.40. The van der Waals surface area contributed by atoms with Crippen molar-refractivity contribution in [2.45, 2.75) is 304 Å². The van der Waals surface area contributed by atoms with Crippen molar-refractivity contribution in [1.82, 2.24) is 21.3 Å². The van der Waals surface area contributed by atoms with Gasteiger partial charge in [0.15, 0.2) is 50.3 Å². The third-order valence-electron chi connectivity index (χ3n) is 20.0. The molecule has 49 nitrogen and oxygen atoms in total. The number of aliphatic hydroxyl groups is 25. The Hall–Kier alpha value is -3.76. The Morgan fingerprint density at radius 1 is 0.333 bits per heavy atom. The van der Waals surface area contributed by atoms with Crippen LogP contribution in [0.5, 0.6) is 0 Å². The fourth-order valence-electron chi connectivity index (χ4n) is 13.9. The fraction of sp³-hybridized carbons (Fsp3) is 0.935. The van der Waals surface area contributed by atoms with E-state index in [0.717, 1.165) is 27.7 Å². The van der Waals surface area contributed by atoms with Gasteiger partial charge in [-0.3, -0.25) is 19.2 Å². The van der Waals surface area contributed by atoms with Gasteiger partial charge < -0.3 is 225 Å². The molecule has 8 aliphatic rings. The highest BCUT2D eigenvalue weighted by molar-refractivity contribution is 5.74. The van der Waals surface area contributed by atoms with E-state index in [1.165, 1.54) is 6.92 Å². The smallest absolute Gasteiger partial charge is 0.217 e. The van der Waals surface area contributed by atoms with Crippen molar-refractivity contribution in [3.63, 3.8) is 0 Å². The molecule has 0 aromatic carbocycles. The molecule has 0 aromatic rings. The lowest BCUT2D eigenvalue weighted by molar-refractivity contribution is -0.400. The summed E-state index contributed by atoms with van der Waals surface area (Å²) in [7, 11) is 0. The molecular weight excluding hydrogens is 1520 g/mol. The van der Waals surface area contributed by atoms with E-state index in [4.69, 9.17) is 75.8 Å². The Morgan fingerprint density at radius 3 is 1.15 bits per heavy atom. The normalized spacial score (nSPS) is 46.3. The molecule has 49 heteroatoms. The maximum atomic E-state index is 13.2. The van der Waals surface area contributed by atoms with Crippen LogP contribution in [0.4, 0.5) is 0 Å². The lowest BCUT2D eigenvalue weighted by Gasteiger charge is -2.51. The second kappa shape index (κ2) is 41.1. The summed E-state index contributed by atoms with van der Waals surface area (Å²) in [6.45, 7) is -5.09. The molecule has 8 rings (SSSR count). The maximum Gasteiger partial charge on any atom is 0.217 e. The monoisotopic (exact) mass is 1630 g/mol. The molecule has 111 heavy (non-hydrogen) atoms. The summed E-state index contributed by atoms with van der Waals surface area (Å²) in [5.74, 6) is -3.77. The van der Waals surface area contributed by atoms with Gasteiger partial charge in [-0.05, 0) is 6.92 Å². The Morgan fingerprint density at radius 2 is 0.694 bits per heavy atom. The zero-order valence-corrected chi connectivity index (χ0v) is 60.1. The predicted molar refractivity (Wildman–Crippen MR) is 344 cm³/mol. The Bertz CT molecular complexity index is 2900. The lowest BCUT2D eigenvalue weighted by atomic mass is 9.93. The molecule has 0 saturated carbocycles. The number of hydrogen-bond donors (Lipinski definition) is 29. The Labute approximate surface area is 629 Å². The second-order valence-electron chi connectivity index (χ2n) is 28.0. The van der Waals surface area contributed by atoms with E-state index in [9.17, 15) is 147 Å². The SMILES string of the molecule is CC(=O)N[C@H]1[C@H](O[C@@H]([C@H](O)[C@H](CO)NC(C)=O)[C@H](O)CO[C@@H]2O[C@@H](C)[C@@H](O)[C@@H](O)[C@@H]2O)O[C@H](CO)[C@@H](O[C@@H]2O[C@H](CO[C@H]3O[C@H](CO)[C@@H](O)[C@H](O)[C@@H]3O[C@@H]3O[C@H](CO)[C@@H](O[C@@H]4O[C@H](CO)[C@H](O)[C@H](O)[C@H]4O)[C@H](O)[C@H]3NC(C)=O)[C@@H](O[C@@H]3O[C@H](CO)[C@@H](O)[C@H](O)[C@H]3NC(C)=O)[C@H](O[C@H]3O[C@H](CO)[C@@H](O)[C@H](O)[C@@H]3O)[C@@H]2O)[C@@H]1O. The van der Waals surface area contributed by atoms with Crippen LogP contribution in [-0.2, 0) is 95.0 Å². The van der Waals surface area contributed by atoms with Gasteiger partial charge in [-0.15, -0.1) is 0 Å². The van der Waals surface area contributed by atoms with Crippen LogP contribution < -0.4 is 21.3 Å². The van der Waals surface area contributed by atoms with Gasteiger partial charge in [0, 0.05) is 27.7 Å². The molecule has 29 N–H and O–H groups in total. The molecule has 44 atom stereocenters. The quantitative estimate of drug-likeness (QED) is 0.0297. The molecule has 0 aliphatic carbocycles. The van der Waals surface area contributed by atoms with Gasteiger partial charge in [-0.2, -0.15) is 0 Å². The summed E-state index contributed by atoms with van der Waals surface area (Å²) in [5.41, 5.74) is 0. The molecule has 0 unspecified atom stereocenters. The van der Waals surface area contributed by atoms with Crippen molar-refractivity contribution in [3.05, 3.63) is 0 Å². The maximum absolute atomic E-state index is 13.2. The summed E-state index contributed by atoms with van der Waals surface area (Å²) < 4.78 is 95.6. The van der Waals surface area contributed by atoms with Gasteiger partial charge in [0.1, 0.15) is 207 Å². The summed E-state index contributed by atoms with van der Waals surface area (Å²) in [6.07, 6.45) is -83.9. The highest BCUT2D eigenvalue weighted by atomic mass is 16.8. The first-order chi connectivity index (χ1) is 52.4.